The van der Waals surface area contributed by atoms with Crippen molar-refractivity contribution in [1.29, 1.82) is 0 Å². The molecule has 32 heavy (non-hydrogen) atoms. The third-order valence-corrected chi connectivity index (χ3v) is 6.85. The number of carbonyl (C=O) groups is 1. The number of hydrogen-bond acceptors (Lipinski definition) is 4. The number of methoxy groups -OCH3 is 1. The number of benzene rings is 1. The van der Waals surface area contributed by atoms with E-state index in [0.29, 0.717) is 24.8 Å². The van der Waals surface area contributed by atoms with Crippen molar-refractivity contribution in [3.8, 4) is 5.88 Å². The first kappa shape index (κ1) is 22.3. The SMILES string of the molecule is CCCN(C(=O)CCc1c(C)nc2c(c(OC)nn2C)c1C)C1CCc2ccccc2C1. The highest BCUT2D eigenvalue weighted by atomic mass is 16.5. The van der Waals surface area contributed by atoms with Crippen LogP contribution in [0.3, 0.4) is 0 Å². The minimum Gasteiger partial charge on any atom is -0.479 e. The van der Waals surface area contributed by atoms with Gasteiger partial charge in [-0.15, -0.1) is 5.10 Å². The number of pyridine rings is 1. The summed E-state index contributed by atoms with van der Waals surface area (Å²) in [5.74, 6) is 0.835. The molecule has 0 saturated heterocycles. The number of aryl methyl sites for hydroxylation is 4. The van der Waals surface area contributed by atoms with Gasteiger partial charge in [0.1, 0.15) is 0 Å². The number of aromatic nitrogens is 3. The van der Waals surface area contributed by atoms with Crippen LogP contribution in [-0.4, -0.2) is 45.3 Å². The molecule has 1 aliphatic rings. The van der Waals surface area contributed by atoms with Crippen molar-refractivity contribution in [3.63, 3.8) is 0 Å². The van der Waals surface area contributed by atoms with Crippen LogP contribution in [-0.2, 0) is 31.1 Å². The Bertz CT molecular complexity index is 1130. The van der Waals surface area contributed by atoms with E-state index in [1.165, 1.54) is 11.1 Å². The van der Waals surface area contributed by atoms with Gasteiger partial charge in [-0.3, -0.25) is 4.79 Å². The number of carbonyl (C=O) groups excluding carboxylic acids is 1. The van der Waals surface area contributed by atoms with E-state index in [4.69, 9.17) is 9.72 Å². The maximum Gasteiger partial charge on any atom is 0.242 e. The van der Waals surface area contributed by atoms with E-state index in [1.807, 2.05) is 14.0 Å². The first-order valence-corrected chi connectivity index (χ1v) is 11.7. The highest BCUT2D eigenvalue weighted by Gasteiger charge is 2.27. The molecule has 6 heteroatoms. The summed E-state index contributed by atoms with van der Waals surface area (Å²) in [6.07, 6.45) is 5.20. The molecule has 6 nitrogen and oxygen atoms in total. The zero-order valence-electron chi connectivity index (χ0n) is 19.9. The number of fused-ring (bicyclic) bond motifs is 2. The molecule has 3 aromatic rings. The Balaban J connectivity index is 1.53. The quantitative estimate of drug-likeness (QED) is 0.556. The molecule has 0 N–H and O–H groups in total. The van der Waals surface area contributed by atoms with Crippen LogP contribution >= 0.6 is 0 Å². The third-order valence-electron chi connectivity index (χ3n) is 6.85. The highest BCUT2D eigenvalue weighted by molar-refractivity contribution is 5.86. The van der Waals surface area contributed by atoms with Crippen LogP contribution < -0.4 is 4.74 Å². The second kappa shape index (κ2) is 9.31. The first-order chi connectivity index (χ1) is 15.4. The maximum atomic E-state index is 13.4. The van der Waals surface area contributed by atoms with Crippen molar-refractivity contribution in [3.05, 3.63) is 52.2 Å². The molecule has 1 unspecified atom stereocenters. The van der Waals surface area contributed by atoms with Crippen molar-refractivity contribution >= 4 is 16.9 Å². The standard InChI is InChI=1S/C26H34N4O2/c1-6-15-30(21-12-11-19-9-7-8-10-20(19)16-21)23(31)14-13-22-17(2)24-25(27-18(22)3)29(4)28-26(24)32-5/h7-10,21H,6,11-16H2,1-5H3. The fourth-order valence-electron chi connectivity index (χ4n) is 5.18. The smallest absolute Gasteiger partial charge is 0.242 e. The van der Waals surface area contributed by atoms with Gasteiger partial charge in [0.25, 0.3) is 0 Å². The van der Waals surface area contributed by atoms with Crippen LogP contribution in [0.15, 0.2) is 24.3 Å². The van der Waals surface area contributed by atoms with E-state index < -0.39 is 0 Å². The zero-order chi connectivity index (χ0) is 22.8. The van der Waals surface area contributed by atoms with Crippen LogP contribution in [0.5, 0.6) is 5.88 Å². The fraction of sp³-hybridized carbons (Fsp3) is 0.500. The van der Waals surface area contributed by atoms with Gasteiger partial charge < -0.3 is 9.64 Å². The van der Waals surface area contributed by atoms with Gasteiger partial charge in [0.05, 0.1) is 12.5 Å². The molecule has 0 aliphatic heterocycles. The van der Waals surface area contributed by atoms with Crippen molar-refractivity contribution in [2.24, 2.45) is 7.05 Å². The summed E-state index contributed by atoms with van der Waals surface area (Å²) < 4.78 is 7.24. The highest BCUT2D eigenvalue weighted by Crippen LogP contribution is 2.31. The number of rotatable bonds is 7. The monoisotopic (exact) mass is 434 g/mol. The molecule has 1 aromatic carbocycles. The number of hydrogen-bond donors (Lipinski definition) is 0. The van der Waals surface area contributed by atoms with Gasteiger partial charge in [-0.25, -0.2) is 9.67 Å². The van der Waals surface area contributed by atoms with Gasteiger partial charge in [0.2, 0.25) is 11.8 Å². The van der Waals surface area contributed by atoms with Crippen LogP contribution in [0.25, 0.3) is 11.0 Å². The van der Waals surface area contributed by atoms with Crippen LogP contribution in [0.2, 0.25) is 0 Å². The van der Waals surface area contributed by atoms with Crippen LogP contribution in [0, 0.1) is 13.8 Å². The molecular weight excluding hydrogens is 400 g/mol. The second-order valence-corrected chi connectivity index (χ2v) is 8.88. The van der Waals surface area contributed by atoms with Gasteiger partial charge in [0, 0.05) is 31.7 Å². The molecule has 1 atom stereocenters. The molecule has 0 radical (unpaired) electrons. The molecule has 0 bridgehead atoms. The fourth-order valence-corrected chi connectivity index (χ4v) is 5.18. The maximum absolute atomic E-state index is 13.4. The Morgan fingerprint density at radius 1 is 1.25 bits per heavy atom. The van der Waals surface area contributed by atoms with Gasteiger partial charge in [0.15, 0.2) is 5.65 Å². The molecular formula is C26H34N4O2. The summed E-state index contributed by atoms with van der Waals surface area (Å²) in [4.78, 5) is 20.3. The molecule has 1 amide bonds. The largest absolute Gasteiger partial charge is 0.479 e. The Morgan fingerprint density at radius 3 is 2.72 bits per heavy atom. The van der Waals surface area contributed by atoms with Gasteiger partial charge in [-0.2, -0.15) is 0 Å². The minimum atomic E-state index is 0.244. The Labute approximate surface area is 190 Å². The van der Waals surface area contributed by atoms with Gasteiger partial charge >= 0.3 is 0 Å². The topological polar surface area (TPSA) is 60.3 Å². The Hall–Kier alpha value is -2.89. The normalized spacial score (nSPS) is 15.6. The summed E-state index contributed by atoms with van der Waals surface area (Å²) in [5, 5.41) is 5.38. The summed E-state index contributed by atoms with van der Waals surface area (Å²) in [6.45, 7) is 7.08. The van der Waals surface area contributed by atoms with Crippen molar-refractivity contribution in [1.82, 2.24) is 19.7 Å². The van der Waals surface area contributed by atoms with Crippen LogP contribution in [0.1, 0.15) is 54.1 Å². The third kappa shape index (κ3) is 4.10. The lowest BCUT2D eigenvalue weighted by Gasteiger charge is -2.35. The predicted octanol–water partition coefficient (Wildman–Crippen LogP) is 4.32. The number of ether oxygens (including phenoxy) is 1. The van der Waals surface area contributed by atoms with Crippen molar-refractivity contribution in [2.45, 2.75) is 65.3 Å². The average Bonchev–Trinajstić information content (AvgIpc) is 3.12. The molecule has 0 spiro atoms. The lowest BCUT2D eigenvalue weighted by molar-refractivity contribution is -0.133. The predicted molar refractivity (Wildman–Crippen MR) is 127 cm³/mol. The van der Waals surface area contributed by atoms with E-state index in [0.717, 1.165) is 60.1 Å². The lowest BCUT2D eigenvalue weighted by atomic mass is 9.87. The van der Waals surface area contributed by atoms with Crippen LogP contribution in [0.4, 0.5) is 0 Å². The molecule has 170 valence electrons. The molecule has 4 rings (SSSR count). The summed E-state index contributed by atoms with van der Waals surface area (Å²) in [5.41, 5.74) is 6.84. The minimum absolute atomic E-state index is 0.244. The summed E-state index contributed by atoms with van der Waals surface area (Å²) >= 11 is 0. The molecule has 1 aliphatic carbocycles. The summed E-state index contributed by atoms with van der Waals surface area (Å²) in [7, 11) is 3.51. The van der Waals surface area contributed by atoms with Gasteiger partial charge in [-0.1, -0.05) is 31.2 Å². The molecule has 0 fully saturated rings. The molecule has 2 heterocycles. The number of amides is 1. The van der Waals surface area contributed by atoms with E-state index in [1.54, 1.807) is 11.8 Å². The first-order valence-electron chi connectivity index (χ1n) is 11.7. The Morgan fingerprint density at radius 2 is 2.00 bits per heavy atom. The average molecular weight is 435 g/mol. The molecule has 2 aromatic heterocycles. The zero-order valence-corrected chi connectivity index (χ0v) is 19.9. The van der Waals surface area contributed by atoms with E-state index in [9.17, 15) is 4.79 Å². The second-order valence-electron chi connectivity index (χ2n) is 8.88. The number of nitrogens with zero attached hydrogens (tertiary/aromatic N) is 4. The van der Waals surface area contributed by atoms with E-state index in [-0.39, 0.29) is 5.91 Å². The summed E-state index contributed by atoms with van der Waals surface area (Å²) in [6, 6.07) is 8.94. The van der Waals surface area contributed by atoms with Gasteiger partial charge in [-0.05, 0) is 68.2 Å². The van der Waals surface area contributed by atoms with Crippen molar-refractivity contribution < 1.29 is 9.53 Å². The van der Waals surface area contributed by atoms with Crippen molar-refractivity contribution in [2.75, 3.05) is 13.7 Å². The molecule has 0 saturated carbocycles. The van der Waals surface area contributed by atoms with E-state index in [2.05, 4.69) is 48.1 Å². The van der Waals surface area contributed by atoms with E-state index >= 15 is 0 Å². The lowest BCUT2D eigenvalue weighted by Crippen LogP contribution is -2.44. The Kier molecular flexibility index (Phi) is 6.49.